The molecule has 2 saturated heterocycles. The van der Waals surface area contributed by atoms with E-state index in [1.807, 2.05) is 30.6 Å². The molecular formula is C38H40Cl2N4. The molecule has 8 rings (SSSR count). The van der Waals surface area contributed by atoms with Gasteiger partial charge in [0.2, 0.25) is 0 Å². The van der Waals surface area contributed by atoms with Gasteiger partial charge in [0.1, 0.15) is 0 Å². The summed E-state index contributed by atoms with van der Waals surface area (Å²) in [6, 6.07) is 21.4. The van der Waals surface area contributed by atoms with Gasteiger partial charge in [-0.15, -0.1) is 0 Å². The number of rotatable bonds is 1. The van der Waals surface area contributed by atoms with Gasteiger partial charge in [-0.2, -0.15) is 0 Å². The van der Waals surface area contributed by atoms with Crippen LogP contribution >= 0.6 is 23.2 Å². The highest BCUT2D eigenvalue weighted by molar-refractivity contribution is 6.31. The lowest BCUT2D eigenvalue weighted by molar-refractivity contribution is 0.338. The number of piperidine rings is 2. The van der Waals surface area contributed by atoms with Gasteiger partial charge in [0.15, 0.2) is 0 Å². The Morgan fingerprint density at radius 1 is 0.614 bits per heavy atom. The summed E-state index contributed by atoms with van der Waals surface area (Å²) in [4.78, 5) is 9.55. The number of hydrogen-bond acceptors (Lipinski definition) is 4. The molecule has 4 nitrogen and oxygen atoms in total. The van der Waals surface area contributed by atoms with Crippen molar-refractivity contribution in [1.82, 2.24) is 20.6 Å². The normalized spacial score (nSPS) is 19.7. The molecule has 4 heterocycles. The van der Waals surface area contributed by atoms with E-state index >= 15 is 0 Å². The molecule has 44 heavy (non-hydrogen) atoms. The Morgan fingerprint density at radius 2 is 1.25 bits per heavy atom. The van der Waals surface area contributed by atoms with Crippen molar-refractivity contribution in [3.8, 4) is 0 Å². The Bertz CT molecular complexity index is 1670. The van der Waals surface area contributed by atoms with Crippen molar-refractivity contribution in [2.75, 3.05) is 26.2 Å². The second-order valence-electron chi connectivity index (χ2n) is 12.5. The molecule has 0 spiro atoms. The maximum Gasteiger partial charge on any atom is 0.0739 e. The fraction of sp³-hybridized carbons (Fsp3) is 0.368. The molecule has 226 valence electrons. The van der Waals surface area contributed by atoms with Crippen molar-refractivity contribution in [2.24, 2.45) is 5.92 Å². The van der Waals surface area contributed by atoms with Crippen LogP contribution in [-0.2, 0) is 25.7 Å². The van der Waals surface area contributed by atoms with Gasteiger partial charge in [-0.3, -0.25) is 9.97 Å². The first-order chi connectivity index (χ1) is 21.7. The molecule has 4 aromatic rings. The lowest BCUT2D eigenvalue weighted by Gasteiger charge is -2.32. The van der Waals surface area contributed by atoms with Crippen molar-refractivity contribution in [3.05, 3.63) is 133 Å². The summed E-state index contributed by atoms with van der Waals surface area (Å²) in [6.45, 7) is 4.35. The number of halogens is 2. The third kappa shape index (κ3) is 6.23. The van der Waals surface area contributed by atoms with E-state index < -0.39 is 0 Å². The van der Waals surface area contributed by atoms with Crippen molar-refractivity contribution in [2.45, 2.75) is 57.3 Å². The maximum atomic E-state index is 6.25. The fourth-order valence-electron chi connectivity index (χ4n) is 7.72. The summed E-state index contributed by atoms with van der Waals surface area (Å²) in [5.74, 6) is 1.10. The predicted molar refractivity (Wildman–Crippen MR) is 182 cm³/mol. The van der Waals surface area contributed by atoms with E-state index in [1.54, 1.807) is 0 Å². The molecule has 2 N–H and O–H groups in total. The van der Waals surface area contributed by atoms with Crippen molar-refractivity contribution in [1.29, 1.82) is 0 Å². The first-order valence-electron chi connectivity index (χ1n) is 16.2. The number of pyridine rings is 2. The van der Waals surface area contributed by atoms with Crippen LogP contribution in [0, 0.1) is 5.92 Å². The van der Waals surface area contributed by atoms with Gasteiger partial charge in [0, 0.05) is 33.9 Å². The van der Waals surface area contributed by atoms with Gasteiger partial charge in [-0.25, -0.2) is 0 Å². The lowest BCUT2D eigenvalue weighted by atomic mass is 9.77. The van der Waals surface area contributed by atoms with Crippen molar-refractivity contribution >= 4 is 28.8 Å². The monoisotopic (exact) mass is 622 g/mol. The third-order valence-corrected chi connectivity index (χ3v) is 10.3. The highest BCUT2D eigenvalue weighted by Crippen LogP contribution is 2.42. The minimum Gasteiger partial charge on any atom is -0.317 e. The van der Waals surface area contributed by atoms with E-state index in [2.05, 4.69) is 53.1 Å². The topological polar surface area (TPSA) is 49.8 Å². The van der Waals surface area contributed by atoms with E-state index in [4.69, 9.17) is 33.2 Å². The summed E-state index contributed by atoms with van der Waals surface area (Å²) >= 11 is 12.5. The zero-order chi connectivity index (χ0) is 29.9. The van der Waals surface area contributed by atoms with Crippen molar-refractivity contribution < 1.29 is 0 Å². The second kappa shape index (κ2) is 13.5. The molecule has 1 unspecified atom stereocenters. The Balaban J connectivity index is 0.000000142. The standard InChI is InChI=1S/C19H21ClN2.C19H19ClN2/c2*20-16-5-6-17-15(12-16)4-3-14-2-1-9-22-19(14)18(17)13-7-10-21-11-8-13/h1-2,5-6,9,12-13,18,21H,3-4,7-8,10-11H2;1-2,5-6,9,12,21H,3-4,7-8,10-11H2. The first kappa shape index (κ1) is 29.7. The summed E-state index contributed by atoms with van der Waals surface area (Å²) in [6.07, 6.45) is 12.7. The van der Waals surface area contributed by atoms with Crippen LogP contribution in [0.4, 0.5) is 0 Å². The Morgan fingerprint density at radius 3 is 2.07 bits per heavy atom. The average molecular weight is 624 g/mol. The largest absolute Gasteiger partial charge is 0.317 e. The molecule has 2 aromatic carbocycles. The second-order valence-corrected chi connectivity index (χ2v) is 13.4. The molecule has 0 amide bonds. The summed E-state index contributed by atoms with van der Waals surface area (Å²) in [7, 11) is 0. The average Bonchev–Trinajstić information content (AvgIpc) is 3.33. The number of nitrogens with zero attached hydrogens (tertiary/aromatic N) is 2. The van der Waals surface area contributed by atoms with Crippen LogP contribution in [0.2, 0.25) is 10.0 Å². The molecule has 2 aliphatic carbocycles. The van der Waals surface area contributed by atoms with Gasteiger partial charge in [-0.05, 0) is 153 Å². The quantitative estimate of drug-likeness (QED) is 0.226. The third-order valence-electron chi connectivity index (χ3n) is 9.87. The number of benzene rings is 2. The van der Waals surface area contributed by atoms with Crippen LogP contribution < -0.4 is 10.6 Å². The fourth-order valence-corrected chi connectivity index (χ4v) is 8.11. The maximum absolute atomic E-state index is 6.25. The van der Waals surface area contributed by atoms with Gasteiger partial charge < -0.3 is 10.6 Å². The SMILES string of the molecule is Clc1ccc2c(c1)CCc1cccnc1C2=C1CCNCC1.Clc1ccc2c(c1)CCc1cccnc1C2C1CCNCC1. The molecular weight excluding hydrogens is 583 g/mol. The smallest absolute Gasteiger partial charge is 0.0739 e. The molecule has 4 aliphatic rings. The highest BCUT2D eigenvalue weighted by atomic mass is 35.5. The van der Waals surface area contributed by atoms with E-state index in [-0.39, 0.29) is 0 Å². The lowest BCUT2D eigenvalue weighted by Crippen LogP contribution is -2.31. The molecule has 1 atom stereocenters. The number of nitrogens with one attached hydrogen (secondary N) is 2. The number of aryl methyl sites for hydroxylation is 4. The van der Waals surface area contributed by atoms with E-state index in [1.165, 1.54) is 68.8 Å². The Hall–Kier alpha value is -3.02. The minimum absolute atomic E-state index is 0.424. The van der Waals surface area contributed by atoms with E-state index in [9.17, 15) is 0 Å². The number of aromatic nitrogens is 2. The number of hydrogen-bond donors (Lipinski definition) is 2. The predicted octanol–water partition coefficient (Wildman–Crippen LogP) is 7.98. The molecule has 2 fully saturated rings. The summed E-state index contributed by atoms with van der Waals surface area (Å²) in [5.41, 5.74) is 13.7. The van der Waals surface area contributed by atoms with Crippen LogP contribution in [0.5, 0.6) is 0 Å². The first-order valence-corrected chi connectivity index (χ1v) is 17.0. The van der Waals surface area contributed by atoms with Crippen LogP contribution in [0.15, 0.2) is 78.6 Å². The zero-order valence-corrected chi connectivity index (χ0v) is 26.7. The van der Waals surface area contributed by atoms with Gasteiger partial charge in [0.05, 0.1) is 11.4 Å². The van der Waals surface area contributed by atoms with Crippen molar-refractivity contribution in [3.63, 3.8) is 0 Å². The van der Waals surface area contributed by atoms with Crippen LogP contribution in [0.1, 0.15) is 76.4 Å². The molecule has 0 bridgehead atoms. The minimum atomic E-state index is 0.424. The molecule has 0 radical (unpaired) electrons. The van der Waals surface area contributed by atoms with Gasteiger partial charge >= 0.3 is 0 Å². The van der Waals surface area contributed by atoms with E-state index in [0.717, 1.165) is 74.7 Å². The van der Waals surface area contributed by atoms with E-state index in [0.29, 0.717) is 11.8 Å². The van der Waals surface area contributed by atoms with Gasteiger partial charge in [0.25, 0.3) is 0 Å². The molecule has 2 aromatic heterocycles. The van der Waals surface area contributed by atoms with Crippen LogP contribution in [0.25, 0.3) is 5.57 Å². The molecule has 2 aliphatic heterocycles. The number of fused-ring (bicyclic) bond motifs is 4. The van der Waals surface area contributed by atoms with Crippen LogP contribution in [0.3, 0.4) is 0 Å². The zero-order valence-electron chi connectivity index (χ0n) is 25.2. The van der Waals surface area contributed by atoms with Gasteiger partial charge in [-0.1, -0.05) is 53.0 Å². The Labute approximate surface area is 271 Å². The summed E-state index contributed by atoms with van der Waals surface area (Å²) in [5, 5.41) is 8.61. The van der Waals surface area contributed by atoms with Crippen LogP contribution in [-0.4, -0.2) is 36.1 Å². The Kier molecular flexibility index (Phi) is 9.13. The highest BCUT2D eigenvalue weighted by Gasteiger charge is 2.32. The summed E-state index contributed by atoms with van der Waals surface area (Å²) < 4.78 is 0. The molecule has 6 heteroatoms. The molecule has 0 saturated carbocycles.